The van der Waals surface area contributed by atoms with Gasteiger partial charge in [0.15, 0.2) is 0 Å². The first-order valence-electron chi connectivity index (χ1n) is 6.63. The molecule has 1 aromatic rings. The highest BCUT2D eigenvalue weighted by Crippen LogP contribution is 2.24. The number of benzene rings is 1. The predicted octanol–water partition coefficient (Wildman–Crippen LogP) is -0.572. The summed E-state index contributed by atoms with van der Waals surface area (Å²) in [6.45, 7) is 1.53. The first kappa shape index (κ1) is 15.2. The molecule has 6 heteroatoms. The number of hydrogen-bond acceptors (Lipinski definition) is 6. The van der Waals surface area contributed by atoms with Gasteiger partial charge >= 0.3 is 0 Å². The molecule has 20 heavy (non-hydrogen) atoms. The number of rotatable bonds is 4. The van der Waals surface area contributed by atoms with Crippen LogP contribution in [0.15, 0.2) is 24.3 Å². The van der Waals surface area contributed by atoms with E-state index in [1.807, 2.05) is 19.1 Å². The van der Waals surface area contributed by atoms with E-state index in [9.17, 15) is 15.3 Å². The fourth-order valence-corrected chi connectivity index (χ4v) is 2.14. The minimum Gasteiger partial charge on any atom is -0.462 e. The van der Waals surface area contributed by atoms with Crippen LogP contribution < -0.4 is 4.74 Å². The van der Waals surface area contributed by atoms with Crippen LogP contribution in [0.3, 0.4) is 0 Å². The van der Waals surface area contributed by atoms with Crippen LogP contribution in [-0.2, 0) is 11.2 Å². The highest BCUT2D eigenvalue weighted by atomic mass is 16.7. The Kier molecular flexibility index (Phi) is 4.95. The van der Waals surface area contributed by atoms with Crippen molar-refractivity contribution in [2.24, 2.45) is 0 Å². The maximum absolute atomic E-state index is 9.87. The van der Waals surface area contributed by atoms with Gasteiger partial charge in [-0.25, -0.2) is 0 Å². The van der Waals surface area contributed by atoms with E-state index >= 15 is 0 Å². The van der Waals surface area contributed by atoms with E-state index in [1.165, 1.54) is 0 Å². The zero-order valence-electron chi connectivity index (χ0n) is 11.2. The normalized spacial score (nSPS) is 34.0. The van der Waals surface area contributed by atoms with Gasteiger partial charge in [-0.05, 0) is 24.1 Å². The Morgan fingerprint density at radius 3 is 2.55 bits per heavy atom. The predicted molar refractivity (Wildman–Crippen MR) is 70.2 cm³/mol. The lowest BCUT2D eigenvalue weighted by molar-refractivity contribution is -0.277. The second-order valence-corrected chi connectivity index (χ2v) is 4.82. The Bertz CT molecular complexity index is 435. The summed E-state index contributed by atoms with van der Waals surface area (Å²) in [5, 5.41) is 38.3. The first-order chi connectivity index (χ1) is 9.56. The topological polar surface area (TPSA) is 99.4 Å². The maximum Gasteiger partial charge on any atom is 0.229 e. The fraction of sp³-hybridized carbons (Fsp3) is 0.571. The molecule has 0 bridgehead atoms. The molecule has 0 unspecified atom stereocenters. The van der Waals surface area contributed by atoms with Crippen LogP contribution in [0.4, 0.5) is 0 Å². The second kappa shape index (κ2) is 6.51. The Labute approximate surface area is 117 Å². The van der Waals surface area contributed by atoms with Crippen molar-refractivity contribution >= 4 is 0 Å². The third-order valence-corrected chi connectivity index (χ3v) is 3.41. The number of hydrogen-bond donors (Lipinski definition) is 4. The molecule has 1 aromatic carbocycles. The van der Waals surface area contributed by atoms with Gasteiger partial charge in [0, 0.05) is 0 Å². The smallest absolute Gasteiger partial charge is 0.229 e. The number of ether oxygens (including phenoxy) is 2. The molecule has 112 valence electrons. The molecule has 1 saturated heterocycles. The van der Waals surface area contributed by atoms with Crippen molar-refractivity contribution in [3.63, 3.8) is 0 Å². The first-order valence-corrected chi connectivity index (χ1v) is 6.63. The van der Waals surface area contributed by atoms with E-state index in [1.54, 1.807) is 12.1 Å². The zero-order valence-corrected chi connectivity index (χ0v) is 11.2. The van der Waals surface area contributed by atoms with Crippen molar-refractivity contribution in [3.05, 3.63) is 29.8 Å². The summed E-state index contributed by atoms with van der Waals surface area (Å²) in [6.07, 6.45) is -5.47. The highest BCUT2D eigenvalue weighted by Gasteiger charge is 2.44. The van der Waals surface area contributed by atoms with Crippen molar-refractivity contribution in [1.82, 2.24) is 0 Å². The van der Waals surface area contributed by atoms with E-state index in [0.717, 1.165) is 12.0 Å². The molecule has 0 aromatic heterocycles. The van der Waals surface area contributed by atoms with Crippen LogP contribution in [-0.4, -0.2) is 57.7 Å². The molecule has 5 atom stereocenters. The zero-order chi connectivity index (χ0) is 14.7. The lowest BCUT2D eigenvalue weighted by Crippen LogP contribution is -2.60. The summed E-state index contributed by atoms with van der Waals surface area (Å²) in [7, 11) is 0. The van der Waals surface area contributed by atoms with Crippen LogP contribution in [0.2, 0.25) is 0 Å². The lowest BCUT2D eigenvalue weighted by atomic mass is 9.99. The van der Waals surface area contributed by atoms with Gasteiger partial charge < -0.3 is 29.9 Å². The standard InChI is InChI=1S/C14H20O6/c1-2-8-4-3-5-9(6-8)19-14-13(18)12(17)11(16)10(7-15)20-14/h3-6,10-18H,2,7H2,1H3/t10-,11-,12+,13-,14-/m1/s1. The van der Waals surface area contributed by atoms with Gasteiger partial charge in [-0.15, -0.1) is 0 Å². The van der Waals surface area contributed by atoms with E-state index in [-0.39, 0.29) is 0 Å². The monoisotopic (exact) mass is 284 g/mol. The number of aliphatic hydroxyl groups is 4. The molecule has 0 aliphatic carbocycles. The van der Waals surface area contributed by atoms with E-state index in [2.05, 4.69) is 0 Å². The van der Waals surface area contributed by atoms with Crippen LogP contribution in [0.25, 0.3) is 0 Å². The van der Waals surface area contributed by atoms with Gasteiger partial charge in [0.2, 0.25) is 6.29 Å². The molecule has 2 rings (SSSR count). The average molecular weight is 284 g/mol. The fourth-order valence-electron chi connectivity index (χ4n) is 2.14. The van der Waals surface area contributed by atoms with Gasteiger partial charge in [-0.2, -0.15) is 0 Å². The molecule has 0 spiro atoms. The van der Waals surface area contributed by atoms with Crippen LogP contribution in [0.1, 0.15) is 12.5 Å². The highest BCUT2D eigenvalue weighted by molar-refractivity contribution is 5.28. The van der Waals surface area contributed by atoms with E-state index < -0.39 is 37.3 Å². The molecule has 1 heterocycles. The summed E-state index contributed by atoms with van der Waals surface area (Å²) in [6, 6.07) is 7.28. The van der Waals surface area contributed by atoms with Crippen molar-refractivity contribution in [3.8, 4) is 5.75 Å². The molecular weight excluding hydrogens is 264 g/mol. The summed E-state index contributed by atoms with van der Waals surface area (Å²) in [5.74, 6) is 0.494. The molecule has 0 amide bonds. The molecule has 1 aliphatic heterocycles. The molecule has 0 saturated carbocycles. The molecule has 1 aliphatic rings. The Morgan fingerprint density at radius 2 is 1.90 bits per heavy atom. The minimum atomic E-state index is -1.43. The van der Waals surface area contributed by atoms with E-state index in [0.29, 0.717) is 5.75 Å². The Hall–Kier alpha value is -1.18. The van der Waals surface area contributed by atoms with Crippen molar-refractivity contribution in [2.45, 2.75) is 44.1 Å². The van der Waals surface area contributed by atoms with Gasteiger partial charge in [-0.1, -0.05) is 19.1 Å². The third kappa shape index (κ3) is 3.11. The van der Waals surface area contributed by atoms with Gasteiger partial charge in [0.05, 0.1) is 6.61 Å². The van der Waals surface area contributed by atoms with Gasteiger partial charge in [0.1, 0.15) is 30.2 Å². The maximum atomic E-state index is 9.87. The number of aryl methyl sites for hydroxylation is 1. The molecular formula is C14H20O6. The summed E-state index contributed by atoms with van der Waals surface area (Å²) in [5.41, 5.74) is 1.06. The Morgan fingerprint density at radius 1 is 1.15 bits per heavy atom. The van der Waals surface area contributed by atoms with Gasteiger partial charge in [-0.3, -0.25) is 0 Å². The van der Waals surface area contributed by atoms with Crippen molar-refractivity contribution in [2.75, 3.05) is 6.61 Å². The second-order valence-electron chi connectivity index (χ2n) is 4.82. The molecule has 0 radical (unpaired) electrons. The summed E-state index contributed by atoms with van der Waals surface area (Å²) in [4.78, 5) is 0. The summed E-state index contributed by atoms with van der Waals surface area (Å²) < 4.78 is 10.8. The quantitative estimate of drug-likeness (QED) is 0.591. The third-order valence-electron chi connectivity index (χ3n) is 3.41. The van der Waals surface area contributed by atoms with Crippen LogP contribution >= 0.6 is 0 Å². The molecule has 6 nitrogen and oxygen atoms in total. The molecule has 1 fully saturated rings. The van der Waals surface area contributed by atoms with Crippen molar-refractivity contribution < 1.29 is 29.9 Å². The largest absolute Gasteiger partial charge is 0.462 e. The van der Waals surface area contributed by atoms with Crippen LogP contribution in [0.5, 0.6) is 5.75 Å². The number of aliphatic hydroxyl groups excluding tert-OH is 4. The lowest BCUT2D eigenvalue weighted by Gasteiger charge is -2.39. The van der Waals surface area contributed by atoms with Crippen molar-refractivity contribution in [1.29, 1.82) is 0 Å². The Balaban J connectivity index is 2.10. The van der Waals surface area contributed by atoms with Gasteiger partial charge in [0.25, 0.3) is 0 Å². The molecule has 4 N–H and O–H groups in total. The van der Waals surface area contributed by atoms with E-state index in [4.69, 9.17) is 14.6 Å². The summed E-state index contributed by atoms with van der Waals surface area (Å²) >= 11 is 0. The van der Waals surface area contributed by atoms with Crippen LogP contribution in [0, 0.1) is 0 Å². The average Bonchev–Trinajstić information content (AvgIpc) is 2.48. The SMILES string of the molecule is CCc1cccc(O[C@@H]2O[C@H](CO)[C@@H](O)[C@H](O)[C@H]2O)c1. The minimum absolute atomic E-state index is 0.472.